The first-order valence-electron chi connectivity index (χ1n) is 13.7. The van der Waals surface area contributed by atoms with Crippen LogP contribution >= 0.6 is 0 Å². The number of rotatable bonds is 10. The van der Waals surface area contributed by atoms with Crippen molar-refractivity contribution in [3.05, 3.63) is 120 Å². The molecule has 0 bridgehead atoms. The zero-order valence-electron chi connectivity index (χ0n) is 22.5. The molecule has 0 aliphatic carbocycles. The molecule has 0 radical (unpaired) electrons. The Morgan fingerprint density at radius 2 is 1.90 bits per heavy atom. The van der Waals surface area contributed by atoms with Gasteiger partial charge in [-0.25, -0.2) is 4.98 Å². The average Bonchev–Trinajstić information content (AvgIpc) is 3.45. The predicted octanol–water partition coefficient (Wildman–Crippen LogP) is 3.50. The molecule has 40 heavy (non-hydrogen) atoms. The SMILES string of the molecule is N#Cc1ccc(Cn2cncc2CCNC(=O)C2CCCN(CC(O)(c3ccccc3)c3ccccn3)C2)cc1. The fraction of sp³-hybridized carbons (Fsp3) is 0.312. The highest BCUT2D eigenvalue weighted by Gasteiger charge is 2.37. The van der Waals surface area contributed by atoms with Crippen LogP contribution in [0.1, 0.15) is 40.9 Å². The molecular formula is C32H34N6O2. The summed E-state index contributed by atoms with van der Waals surface area (Å²) in [5, 5.41) is 24.0. The maximum absolute atomic E-state index is 13.2. The number of hydrogen-bond acceptors (Lipinski definition) is 6. The molecule has 8 nitrogen and oxygen atoms in total. The minimum Gasteiger partial charge on any atom is -0.377 e. The number of nitrogens with one attached hydrogen (secondary N) is 1. The van der Waals surface area contributed by atoms with Crippen molar-refractivity contribution in [2.45, 2.75) is 31.4 Å². The Kier molecular flexibility index (Phi) is 8.65. The molecule has 0 spiro atoms. The molecule has 1 saturated heterocycles. The van der Waals surface area contributed by atoms with E-state index in [1.807, 2.05) is 79.0 Å². The van der Waals surface area contributed by atoms with Crippen LogP contribution in [0.2, 0.25) is 0 Å². The molecule has 1 aliphatic rings. The van der Waals surface area contributed by atoms with Gasteiger partial charge in [0.25, 0.3) is 0 Å². The fourth-order valence-corrected chi connectivity index (χ4v) is 5.42. The van der Waals surface area contributed by atoms with Gasteiger partial charge in [-0.15, -0.1) is 0 Å². The highest BCUT2D eigenvalue weighted by Crippen LogP contribution is 2.31. The summed E-state index contributed by atoms with van der Waals surface area (Å²) in [4.78, 5) is 24.1. The lowest BCUT2D eigenvalue weighted by Crippen LogP contribution is -2.49. The van der Waals surface area contributed by atoms with Crippen molar-refractivity contribution in [2.24, 2.45) is 5.92 Å². The van der Waals surface area contributed by atoms with Crippen molar-refractivity contribution >= 4 is 5.91 Å². The van der Waals surface area contributed by atoms with E-state index in [-0.39, 0.29) is 11.8 Å². The highest BCUT2D eigenvalue weighted by molar-refractivity contribution is 5.79. The van der Waals surface area contributed by atoms with Crippen LogP contribution in [0, 0.1) is 17.2 Å². The number of pyridine rings is 1. The molecule has 0 saturated carbocycles. The lowest BCUT2D eigenvalue weighted by atomic mass is 9.87. The molecular weight excluding hydrogens is 500 g/mol. The second-order valence-corrected chi connectivity index (χ2v) is 10.4. The van der Waals surface area contributed by atoms with Crippen molar-refractivity contribution in [3.63, 3.8) is 0 Å². The summed E-state index contributed by atoms with van der Waals surface area (Å²) < 4.78 is 2.07. The molecule has 3 heterocycles. The van der Waals surface area contributed by atoms with Gasteiger partial charge in [-0.1, -0.05) is 48.5 Å². The minimum absolute atomic E-state index is 0.0453. The van der Waals surface area contributed by atoms with E-state index in [0.29, 0.717) is 43.9 Å². The van der Waals surface area contributed by atoms with E-state index in [2.05, 4.69) is 30.8 Å². The van der Waals surface area contributed by atoms with Crippen molar-refractivity contribution in [2.75, 3.05) is 26.2 Å². The van der Waals surface area contributed by atoms with Gasteiger partial charge >= 0.3 is 0 Å². The van der Waals surface area contributed by atoms with Gasteiger partial charge in [0.15, 0.2) is 0 Å². The summed E-state index contributed by atoms with van der Waals surface area (Å²) in [7, 11) is 0. The largest absolute Gasteiger partial charge is 0.377 e. The molecule has 1 fully saturated rings. The van der Waals surface area contributed by atoms with Gasteiger partial charge in [0.1, 0.15) is 5.60 Å². The molecule has 4 aromatic rings. The fourth-order valence-electron chi connectivity index (χ4n) is 5.42. The number of nitrogens with zero attached hydrogens (tertiary/aromatic N) is 5. The van der Waals surface area contributed by atoms with Gasteiger partial charge < -0.3 is 15.0 Å². The maximum Gasteiger partial charge on any atom is 0.224 e. The van der Waals surface area contributed by atoms with Crippen molar-refractivity contribution in [3.8, 4) is 6.07 Å². The molecule has 5 rings (SSSR count). The third kappa shape index (κ3) is 6.45. The zero-order chi connectivity index (χ0) is 27.8. The molecule has 2 N–H and O–H groups in total. The first kappa shape index (κ1) is 27.3. The monoisotopic (exact) mass is 534 g/mol. The number of carbonyl (C=O) groups excluding carboxylic acids is 1. The lowest BCUT2D eigenvalue weighted by molar-refractivity contribution is -0.127. The third-order valence-corrected chi connectivity index (χ3v) is 7.58. The summed E-state index contributed by atoms with van der Waals surface area (Å²) in [5.74, 6) is -0.0926. The summed E-state index contributed by atoms with van der Waals surface area (Å²) in [6.07, 6.45) is 7.72. The quantitative estimate of drug-likeness (QED) is 0.323. The Bertz CT molecular complexity index is 1390. The summed E-state index contributed by atoms with van der Waals surface area (Å²) in [6.45, 7) is 2.96. The van der Waals surface area contributed by atoms with Gasteiger partial charge in [0.05, 0.1) is 29.6 Å². The Hall–Kier alpha value is -4.32. The normalized spacial score (nSPS) is 17.1. The molecule has 1 amide bonds. The predicted molar refractivity (Wildman–Crippen MR) is 152 cm³/mol. The number of β-amino-alcohol motifs (C(OH)–C–C–N with tert-alkyl or cyclic N) is 1. The zero-order valence-corrected chi connectivity index (χ0v) is 22.5. The van der Waals surface area contributed by atoms with E-state index in [9.17, 15) is 9.90 Å². The Labute approximate surface area is 234 Å². The van der Waals surface area contributed by atoms with E-state index in [1.165, 1.54) is 0 Å². The summed E-state index contributed by atoms with van der Waals surface area (Å²) in [5.41, 5.74) is 2.89. The van der Waals surface area contributed by atoms with Crippen molar-refractivity contribution in [1.82, 2.24) is 24.8 Å². The molecule has 2 unspecified atom stereocenters. The van der Waals surface area contributed by atoms with E-state index in [1.54, 1.807) is 12.5 Å². The Morgan fingerprint density at radius 1 is 1.10 bits per heavy atom. The first-order valence-corrected chi connectivity index (χ1v) is 13.7. The van der Waals surface area contributed by atoms with Gasteiger partial charge in [-0.2, -0.15) is 5.26 Å². The van der Waals surface area contributed by atoms with Crippen LogP contribution in [0.4, 0.5) is 0 Å². The number of likely N-dealkylation sites (tertiary alicyclic amines) is 1. The lowest BCUT2D eigenvalue weighted by Gasteiger charge is -2.38. The number of amides is 1. The number of piperidine rings is 1. The number of aromatic nitrogens is 3. The smallest absolute Gasteiger partial charge is 0.224 e. The number of carbonyl (C=O) groups is 1. The number of aliphatic hydroxyl groups is 1. The van der Waals surface area contributed by atoms with E-state index >= 15 is 0 Å². The van der Waals surface area contributed by atoms with Crippen LogP contribution in [0.15, 0.2) is 91.5 Å². The van der Waals surface area contributed by atoms with Crippen LogP contribution in [0.3, 0.4) is 0 Å². The number of nitriles is 1. The van der Waals surface area contributed by atoms with E-state index in [0.717, 1.165) is 36.2 Å². The molecule has 2 aromatic carbocycles. The average molecular weight is 535 g/mol. The van der Waals surface area contributed by atoms with Crippen LogP contribution in [-0.2, 0) is 23.4 Å². The van der Waals surface area contributed by atoms with Crippen LogP contribution < -0.4 is 5.32 Å². The highest BCUT2D eigenvalue weighted by atomic mass is 16.3. The standard InChI is InChI=1S/C32H34N6O2/c33-19-25-11-13-26(14-12-25)21-38-24-34-20-29(38)15-17-36-31(39)27-7-6-18-37(22-27)23-32(40,28-8-2-1-3-9-28)30-10-4-5-16-35-30/h1-5,8-14,16,20,24,27,40H,6-7,15,17-18,21-23H2,(H,36,39). The number of hydrogen-bond donors (Lipinski definition) is 2. The van der Waals surface area contributed by atoms with Crippen LogP contribution in [-0.4, -0.2) is 56.6 Å². The molecule has 204 valence electrons. The van der Waals surface area contributed by atoms with Crippen LogP contribution in [0.5, 0.6) is 0 Å². The Balaban J connectivity index is 1.17. The topological polar surface area (TPSA) is 107 Å². The van der Waals surface area contributed by atoms with Crippen molar-refractivity contribution in [1.29, 1.82) is 5.26 Å². The number of imidazole rings is 1. The summed E-state index contributed by atoms with van der Waals surface area (Å²) in [6, 6.07) is 24.9. The van der Waals surface area contributed by atoms with Gasteiger partial charge in [0, 0.05) is 50.7 Å². The van der Waals surface area contributed by atoms with Gasteiger partial charge in [-0.05, 0) is 54.8 Å². The molecule has 8 heteroatoms. The molecule has 2 atom stereocenters. The second kappa shape index (κ2) is 12.7. The minimum atomic E-state index is -1.27. The number of benzene rings is 2. The first-order chi connectivity index (χ1) is 19.5. The Morgan fingerprint density at radius 3 is 2.65 bits per heavy atom. The van der Waals surface area contributed by atoms with Gasteiger partial charge in [0.2, 0.25) is 5.91 Å². The second-order valence-electron chi connectivity index (χ2n) is 10.4. The van der Waals surface area contributed by atoms with Crippen LogP contribution in [0.25, 0.3) is 0 Å². The summed E-state index contributed by atoms with van der Waals surface area (Å²) >= 11 is 0. The third-order valence-electron chi connectivity index (χ3n) is 7.58. The van der Waals surface area contributed by atoms with Gasteiger partial charge in [-0.3, -0.25) is 14.7 Å². The molecule has 2 aromatic heterocycles. The maximum atomic E-state index is 13.2. The van der Waals surface area contributed by atoms with E-state index in [4.69, 9.17) is 5.26 Å². The van der Waals surface area contributed by atoms with Crippen molar-refractivity contribution < 1.29 is 9.90 Å². The van der Waals surface area contributed by atoms with E-state index < -0.39 is 5.60 Å². The molecule has 1 aliphatic heterocycles.